The maximum absolute atomic E-state index is 7.43. The quantitative estimate of drug-likeness (QED) is 0.452. The molecule has 2 nitrogen and oxygen atoms in total. The molecular formula is C8H13IN2. The van der Waals surface area contributed by atoms with Crippen LogP contribution in [0.5, 0.6) is 0 Å². The molecule has 62 valence electrons. The zero-order chi connectivity index (χ0) is 8.85. The molecule has 0 fully saturated rings. The smallest absolute Gasteiger partial charge is 0.123 e. The van der Waals surface area contributed by atoms with E-state index in [1.54, 1.807) is 0 Å². The fourth-order valence-corrected chi connectivity index (χ4v) is 0.968. The number of amidine groups is 1. The fourth-order valence-electron chi connectivity index (χ4n) is 0.448. The van der Waals surface area contributed by atoms with E-state index in [2.05, 4.69) is 27.6 Å². The lowest BCUT2D eigenvalue weighted by Crippen LogP contribution is -2.04. The Morgan fingerprint density at radius 3 is 2.45 bits per heavy atom. The van der Waals surface area contributed by atoms with E-state index < -0.39 is 0 Å². The zero-order valence-electron chi connectivity index (χ0n) is 7.06. The first kappa shape index (κ1) is 10.8. The van der Waals surface area contributed by atoms with Crippen molar-refractivity contribution in [2.45, 2.75) is 20.8 Å². The number of hydrogen-bond donors (Lipinski definition) is 1. The van der Waals surface area contributed by atoms with Gasteiger partial charge in [0.05, 0.1) is 0 Å². The summed E-state index contributed by atoms with van der Waals surface area (Å²) in [5.74, 6) is 0.657. The molecule has 0 heterocycles. The van der Waals surface area contributed by atoms with Crippen molar-refractivity contribution >= 4 is 34.1 Å². The number of allylic oxidation sites excluding steroid dienone is 1. The molecule has 0 radical (unpaired) electrons. The summed E-state index contributed by atoms with van der Waals surface area (Å²) >= 11 is 2.13. The second-order valence-electron chi connectivity index (χ2n) is 2.59. The minimum absolute atomic E-state index is 0.215. The molecule has 0 aliphatic carbocycles. The van der Waals surface area contributed by atoms with Crippen LogP contribution in [0.2, 0.25) is 0 Å². The predicted molar refractivity (Wildman–Crippen MR) is 58.8 cm³/mol. The van der Waals surface area contributed by atoms with Crippen LogP contribution in [0.15, 0.2) is 15.2 Å². The molecule has 0 rings (SSSR count). The van der Waals surface area contributed by atoms with E-state index in [0.717, 1.165) is 5.71 Å². The van der Waals surface area contributed by atoms with Crippen molar-refractivity contribution in [1.29, 1.82) is 5.41 Å². The van der Waals surface area contributed by atoms with Gasteiger partial charge in [0, 0.05) is 11.6 Å². The second kappa shape index (κ2) is 5.46. The van der Waals surface area contributed by atoms with Crippen molar-refractivity contribution in [2.75, 3.05) is 0 Å². The molecule has 0 aliphatic heterocycles. The largest absolute Gasteiger partial charge is 0.286 e. The van der Waals surface area contributed by atoms with Gasteiger partial charge in [0.15, 0.2) is 0 Å². The molecule has 0 aromatic heterocycles. The molecule has 0 atom stereocenters. The molecule has 11 heavy (non-hydrogen) atoms. The Kier molecular flexibility index (Phi) is 5.36. The third-order valence-corrected chi connectivity index (χ3v) is 1.51. The van der Waals surface area contributed by atoms with Gasteiger partial charge in [-0.2, -0.15) is 0 Å². The molecule has 0 saturated carbocycles. The Morgan fingerprint density at radius 1 is 1.55 bits per heavy atom. The van der Waals surface area contributed by atoms with Gasteiger partial charge < -0.3 is 0 Å². The molecule has 1 N–H and O–H groups in total. The van der Waals surface area contributed by atoms with Gasteiger partial charge in [-0.15, -0.1) is 0 Å². The zero-order valence-corrected chi connectivity index (χ0v) is 9.21. The average molecular weight is 264 g/mol. The van der Waals surface area contributed by atoms with Gasteiger partial charge in [0.2, 0.25) is 0 Å². The minimum atomic E-state index is 0.215. The molecule has 0 saturated heterocycles. The van der Waals surface area contributed by atoms with Crippen molar-refractivity contribution in [3.05, 3.63) is 10.2 Å². The molecule has 3 heteroatoms. The summed E-state index contributed by atoms with van der Waals surface area (Å²) in [4.78, 5) is 4.07. The van der Waals surface area contributed by atoms with Gasteiger partial charge in [-0.05, 0) is 17.1 Å². The number of nitrogens with one attached hydrogen (secondary N) is 1. The van der Waals surface area contributed by atoms with Gasteiger partial charge in [-0.1, -0.05) is 36.4 Å². The van der Waals surface area contributed by atoms with E-state index in [1.165, 1.54) is 0 Å². The summed E-state index contributed by atoms with van der Waals surface area (Å²) < 4.78 is 1.89. The first-order chi connectivity index (χ1) is 5.07. The number of aliphatic imine (C=N–C) groups is 1. The third kappa shape index (κ3) is 5.12. The van der Waals surface area contributed by atoms with E-state index in [4.69, 9.17) is 5.41 Å². The van der Waals surface area contributed by atoms with Crippen LogP contribution in [0.1, 0.15) is 20.8 Å². The van der Waals surface area contributed by atoms with Crippen LogP contribution >= 0.6 is 22.6 Å². The predicted octanol–water partition coefficient (Wildman–Crippen LogP) is 3.03. The summed E-state index contributed by atoms with van der Waals surface area (Å²) in [7, 11) is 0. The van der Waals surface area contributed by atoms with E-state index in [0.29, 0.717) is 5.84 Å². The molecule has 0 amide bonds. The first-order valence-corrected chi connectivity index (χ1v) is 4.73. The highest BCUT2D eigenvalue weighted by Gasteiger charge is 1.98. The summed E-state index contributed by atoms with van der Waals surface area (Å²) in [5.41, 5.74) is 0.887. The van der Waals surface area contributed by atoms with Gasteiger partial charge in [-0.25, -0.2) is 4.99 Å². The maximum Gasteiger partial charge on any atom is 0.123 e. The van der Waals surface area contributed by atoms with Crippen LogP contribution in [-0.4, -0.2) is 11.5 Å². The summed E-state index contributed by atoms with van der Waals surface area (Å²) in [6.45, 7) is 5.83. The van der Waals surface area contributed by atoms with Crippen LogP contribution in [0.3, 0.4) is 0 Å². The first-order valence-electron chi connectivity index (χ1n) is 3.48. The number of nitrogens with zero attached hydrogens (tertiary/aromatic N) is 1. The van der Waals surface area contributed by atoms with Crippen LogP contribution in [0.4, 0.5) is 0 Å². The van der Waals surface area contributed by atoms with E-state index in [-0.39, 0.29) is 5.92 Å². The van der Waals surface area contributed by atoms with Gasteiger partial charge in [-0.3, -0.25) is 5.41 Å². The lowest BCUT2D eigenvalue weighted by atomic mass is 10.2. The molecule has 0 aromatic rings. The SMILES string of the molecule is CC(/C=C\I)=N/C(=N)C(C)C. The second-order valence-corrected chi connectivity index (χ2v) is 3.30. The number of hydrogen-bond acceptors (Lipinski definition) is 1. The van der Waals surface area contributed by atoms with Crippen molar-refractivity contribution in [1.82, 2.24) is 0 Å². The topological polar surface area (TPSA) is 36.2 Å². The van der Waals surface area contributed by atoms with Gasteiger partial charge in [0.25, 0.3) is 0 Å². The normalized spacial score (nSPS) is 13.0. The van der Waals surface area contributed by atoms with Crippen molar-refractivity contribution < 1.29 is 0 Å². The molecule has 0 bridgehead atoms. The Balaban J connectivity index is 4.19. The monoisotopic (exact) mass is 264 g/mol. The maximum atomic E-state index is 7.43. The lowest BCUT2D eigenvalue weighted by molar-refractivity contribution is 0.865. The molecular weight excluding hydrogens is 251 g/mol. The number of halogens is 1. The van der Waals surface area contributed by atoms with Crippen molar-refractivity contribution in [3.8, 4) is 0 Å². The van der Waals surface area contributed by atoms with Crippen LogP contribution in [0, 0.1) is 11.3 Å². The number of rotatable bonds is 2. The van der Waals surface area contributed by atoms with E-state index in [1.807, 2.05) is 30.9 Å². The Morgan fingerprint density at radius 2 is 2.09 bits per heavy atom. The molecule has 0 unspecified atom stereocenters. The van der Waals surface area contributed by atoms with Crippen LogP contribution < -0.4 is 0 Å². The average Bonchev–Trinajstić information content (AvgIpc) is 1.87. The van der Waals surface area contributed by atoms with E-state index >= 15 is 0 Å². The highest BCUT2D eigenvalue weighted by molar-refractivity contribution is 14.1. The fraction of sp³-hybridized carbons (Fsp3) is 0.500. The van der Waals surface area contributed by atoms with Crippen molar-refractivity contribution in [2.24, 2.45) is 10.9 Å². The van der Waals surface area contributed by atoms with Crippen molar-refractivity contribution in [3.63, 3.8) is 0 Å². The standard InChI is InChI=1S/C8H13IN2/c1-6(2)8(10)11-7(3)4-5-9/h4-6,10H,1-3H3/b5-4-,10-8?,11-7-. The summed E-state index contributed by atoms with van der Waals surface area (Å²) in [6.07, 6.45) is 1.89. The Hall–Kier alpha value is -0.190. The van der Waals surface area contributed by atoms with Gasteiger partial charge in [0.1, 0.15) is 5.84 Å². The lowest BCUT2D eigenvalue weighted by Gasteiger charge is -2.00. The third-order valence-electron chi connectivity index (χ3n) is 1.15. The Labute approximate surface area is 81.4 Å². The van der Waals surface area contributed by atoms with Crippen LogP contribution in [-0.2, 0) is 0 Å². The molecule has 0 aliphatic rings. The van der Waals surface area contributed by atoms with Gasteiger partial charge >= 0.3 is 0 Å². The minimum Gasteiger partial charge on any atom is -0.286 e. The van der Waals surface area contributed by atoms with Crippen LogP contribution in [0.25, 0.3) is 0 Å². The highest BCUT2D eigenvalue weighted by atomic mass is 127. The molecule has 0 aromatic carbocycles. The van der Waals surface area contributed by atoms with E-state index in [9.17, 15) is 0 Å². The Bertz CT molecular complexity index is 192. The highest BCUT2D eigenvalue weighted by Crippen LogP contribution is 1.97. The summed E-state index contributed by atoms with van der Waals surface area (Å²) in [5, 5.41) is 7.43. The molecule has 0 spiro atoms. The summed E-state index contributed by atoms with van der Waals surface area (Å²) in [6, 6.07) is 0.